The quantitative estimate of drug-likeness (QED) is 0.794. The highest BCUT2D eigenvalue weighted by Crippen LogP contribution is 1.98. The van der Waals surface area contributed by atoms with Gasteiger partial charge in [-0.15, -0.1) is 10.2 Å². The Morgan fingerprint density at radius 1 is 1.31 bits per heavy atom. The summed E-state index contributed by atoms with van der Waals surface area (Å²) in [4.78, 5) is 5.67. The monoisotopic (exact) mass is 218 g/mol. The third-order valence-corrected chi connectivity index (χ3v) is 2.13. The molecule has 0 unspecified atom stereocenters. The molecule has 0 aliphatic carbocycles. The van der Waals surface area contributed by atoms with Crippen molar-refractivity contribution in [1.82, 2.24) is 30.5 Å². The Labute approximate surface area is 93.7 Å². The molecule has 0 saturated carbocycles. The first-order valence-corrected chi connectivity index (χ1v) is 5.09. The fourth-order valence-electron chi connectivity index (χ4n) is 1.32. The number of rotatable bonds is 4. The largest absolute Gasteiger partial charge is 0.306 e. The van der Waals surface area contributed by atoms with Crippen LogP contribution < -0.4 is 5.32 Å². The smallest absolute Gasteiger partial charge is 0.188 e. The molecule has 2 aromatic rings. The standard InChI is InChI=1S/C10H14N6/c1-8-3-4-9(6-12-8)5-11-7-10-13-15-16(2)14-10/h3-4,6,11H,5,7H2,1-2H3. The molecule has 84 valence electrons. The summed E-state index contributed by atoms with van der Waals surface area (Å²) in [5, 5.41) is 14.9. The molecule has 16 heavy (non-hydrogen) atoms. The van der Waals surface area contributed by atoms with Crippen LogP contribution in [0.5, 0.6) is 0 Å². The van der Waals surface area contributed by atoms with Crippen molar-refractivity contribution in [3.63, 3.8) is 0 Å². The van der Waals surface area contributed by atoms with Crippen LogP contribution in [0.15, 0.2) is 18.3 Å². The minimum Gasteiger partial charge on any atom is -0.306 e. The first-order valence-electron chi connectivity index (χ1n) is 5.09. The first-order chi connectivity index (χ1) is 7.74. The van der Waals surface area contributed by atoms with Gasteiger partial charge in [0.15, 0.2) is 5.82 Å². The van der Waals surface area contributed by atoms with Crippen LogP contribution in [0.3, 0.4) is 0 Å². The van der Waals surface area contributed by atoms with Crippen molar-refractivity contribution in [2.75, 3.05) is 0 Å². The Hall–Kier alpha value is -1.82. The Morgan fingerprint density at radius 3 is 2.81 bits per heavy atom. The molecule has 0 amide bonds. The maximum atomic E-state index is 4.22. The molecular formula is C10H14N6. The van der Waals surface area contributed by atoms with Crippen molar-refractivity contribution in [1.29, 1.82) is 0 Å². The summed E-state index contributed by atoms with van der Waals surface area (Å²) in [6, 6.07) is 4.05. The van der Waals surface area contributed by atoms with Crippen molar-refractivity contribution in [2.24, 2.45) is 7.05 Å². The SMILES string of the molecule is Cc1ccc(CNCc2nnn(C)n2)cn1. The van der Waals surface area contributed by atoms with Gasteiger partial charge in [-0.3, -0.25) is 4.98 Å². The Balaban J connectivity index is 1.82. The zero-order chi connectivity index (χ0) is 11.4. The summed E-state index contributed by atoms with van der Waals surface area (Å²) in [5.74, 6) is 0.697. The molecule has 6 nitrogen and oxygen atoms in total. The van der Waals surface area contributed by atoms with Gasteiger partial charge in [0.05, 0.1) is 13.6 Å². The number of aromatic nitrogens is 5. The molecule has 0 atom stereocenters. The lowest BCUT2D eigenvalue weighted by Gasteiger charge is -2.01. The van der Waals surface area contributed by atoms with Gasteiger partial charge in [0.2, 0.25) is 0 Å². The average molecular weight is 218 g/mol. The zero-order valence-corrected chi connectivity index (χ0v) is 9.38. The van der Waals surface area contributed by atoms with Gasteiger partial charge in [0.25, 0.3) is 0 Å². The summed E-state index contributed by atoms with van der Waals surface area (Å²) in [7, 11) is 1.75. The van der Waals surface area contributed by atoms with Gasteiger partial charge in [-0.05, 0) is 23.8 Å². The van der Waals surface area contributed by atoms with Gasteiger partial charge in [-0.2, -0.15) is 4.80 Å². The molecule has 6 heteroatoms. The topological polar surface area (TPSA) is 68.5 Å². The number of nitrogens with zero attached hydrogens (tertiary/aromatic N) is 5. The number of tetrazole rings is 1. The number of aryl methyl sites for hydroxylation is 2. The van der Waals surface area contributed by atoms with Gasteiger partial charge in [-0.1, -0.05) is 6.07 Å². The predicted molar refractivity (Wildman–Crippen MR) is 58.3 cm³/mol. The minimum absolute atomic E-state index is 0.613. The summed E-state index contributed by atoms with van der Waals surface area (Å²) < 4.78 is 0. The molecule has 0 aliphatic heterocycles. The molecule has 1 N–H and O–H groups in total. The molecule has 2 heterocycles. The van der Waals surface area contributed by atoms with E-state index in [9.17, 15) is 0 Å². The van der Waals surface area contributed by atoms with Crippen LogP contribution in [-0.4, -0.2) is 25.2 Å². The maximum Gasteiger partial charge on any atom is 0.188 e. The molecule has 0 radical (unpaired) electrons. The van der Waals surface area contributed by atoms with Crippen LogP contribution >= 0.6 is 0 Å². The molecule has 0 aliphatic rings. The van der Waals surface area contributed by atoms with Crippen LogP contribution in [0.4, 0.5) is 0 Å². The van der Waals surface area contributed by atoms with Gasteiger partial charge >= 0.3 is 0 Å². The van der Waals surface area contributed by atoms with E-state index in [4.69, 9.17) is 0 Å². The first kappa shape index (κ1) is 10.7. The van der Waals surface area contributed by atoms with Crippen LogP contribution in [0, 0.1) is 6.92 Å². The van der Waals surface area contributed by atoms with E-state index in [1.165, 1.54) is 4.80 Å². The zero-order valence-electron chi connectivity index (χ0n) is 9.38. The highest BCUT2D eigenvalue weighted by molar-refractivity contribution is 5.12. The van der Waals surface area contributed by atoms with E-state index >= 15 is 0 Å². The van der Waals surface area contributed by atoms with Gasteiger partial charge in [-0.25, -0.2) is 0 Å². The summed E-state index contributed by atoms with van der Waals surface area (Å²) >= 11 is 0. The van der Waals surface area contributed by atoms with E-state index in [1.54, 1.807) is 7.05 Å². The normalized spacial score (nSPS) is 10.6. The fourth-order valence-corrected chi connectivity index (χ4v) is 1.32. The van der Waals surface area contributed by atoms with Crippen LogP contribution in [0.2, 0.25) is 0 Å². The second kappa shape index (κ2) is 4.80. The third-order valence-electron chi connectivity index (χ3n) is 2.13. The number of pyridine rings is 1. The second-order valence-corrected chi connectivity index (χ2v) is 3.61. The van der Waals surface area contributed by atoms with Crippen LogP contribution in [-0.2, 0) is 20.1 Å². The van der Waals surface area contributed by atoms with Gasteiger partial charge < -0.3 is 5.32 Å². The summed E-state index contributed by atoms with van der Waals surface area (Å²) in [6.45, 7) is 3.34. The Kier molecular flexibility index (Phi) is 3.21. The van der Waals surface area contributed by atoms with Crippen molar-refractivity contribution in [3.05, 3.63) is 35.4 Å². The fraction of sp³-hybridized carbons (Fsp3) is 0.400. The summed E-state index contributed by atoms with van der Waals surface area (Å²) in [5.41, 5.74) is 2.17. The lowest BCUT2D eigenvalue weighted by molar-refractivity contribution is 0.619. The molecule has 2 aromatic heterocycles. The van der Waals surface area contributed by atoms with Crippen molar-refractivity contribution in [3.8, 4) is 0 Å². The van der Waals surface area contributed by atoms with E-state index in [2.05, 4.69) is 31.8 Å². The van der Waals surface area contributed by atoms with Crippen molar-refractivity contribution < 1.29 is 0 Å². The lowest BCUT2D eigenvalue weighted by atomic mass is 10.2. The molecule has 0 aromatic carbocycles. The molecule has 0 saturated heterocycles. The molecule has 2 rings (SSSR count). The summed E-state index contributed by atoms with van der Waals surface area (Å²) in [6.07, 6.45) is 1.87. The van der Waals surface area contributed by atoms with E-state index in [0.29, 0.717) is 12.4 Å². The predicted octanol–water partition coefficient (Wildman–Crippen LogP) is 0.203. The third kappa shape index (κ3) is 2.83. The molecular weight excluding hydrogens is 204 g/mol. The molecule has 0 bridgehead atoms. The Bertz CT molecular complexity index is 447. The van der Waals surface area contributed by atoms with E-state index in [-0.39, 0.29) is 0 Å². The van der Waals surface area contributed by atoms with E-state index in [1.807, 2.05) is 19.2 Å². The van der Waals surface area contributed by atoms with E-state index in [0.717, 1.165) is 17.8 Å². The van der Waals surface area contributed by atoms with Gasteiger partial charge in [0, 0.05) is 18.4 Å². The minimum atomic E-state index is 0.613. The number of hydrogen-bond donors (Lipinski definition) is 1. The van der Waals surface area contributed by atoms with Crippen LogP contribution in [0.25, 0.3) is 0 Å². The van der Waals surface area contributed by atoms with Crippen LogP contribution in [0.1, 0.15) is 17.1 Å². The Morgan fingerprint density at radius 2 is 2.19 bits per heavy atom. The van der Waals surface area contributed by atoms with Gasteiger partial charge in [0.1, 0.15) is 0 Å². The van der Waals surface area contributed by atoms with E-state index < -0.39 is 0 Å². The molecule has 0 spiro atoms. The molecule has 0 fully saturated rings. The van der Waals surface area contributed by atoms with Crippen molar-refractivity contribution in [2.45, 2.75) is 20.0 Å². The second-order valence-electron chi connectivity index (χ2n) is 3.61. The maximum absolute atomic E-state index is 4.22. The average Bonchev–Trinajstić information content (AvgIpc) is 2.67. The number of hydrogen-bond acceptors (Lipinski definition) is 5. The van der Waals surface area contributed by atoms with Crippen molar-refractivity contribution >= 4 is 0 Å². The lowest BCUT2D eigenvalue weighted by Crippen LogP contribution is -2.14. The number of nitrogens with one attached hydrogen (secondary N) is 1. The highest BCUT2D eigenvalue weighted by atomic mass is 15.6. The highest BCUT2D eigenvalue weighted by Gasteiger charge is 1.99.